The van der Waals surface area contributed by atoms with Gasteiger partial charge in [0.15, 0.2) is 0 Å². The molecule has 0 heterocycles. The van der Waals surface area contributed by atoms with E-state index >= 15 is 0 Å². The largest absolute Gasteiger partial charge is 0.389 e. The lowest BCUT2D eigenvalue weighted by Crippen LogP contribution is -2.41. The second-order valence-electron chi connectivity index (χ2n) is 5.99. The van der Waals surface area contributed by atoms with E-state index < -0.39 is 5.60 Å². The Bertz CT molecular complexity index is 183. The van der Waals surface area contributed by atoms with Crippen LogP contribution in [-0.2, 0) is 0 Å². The second-order valence-corrected chi connectivity index (χ2v) is 5.99. The highest BCUT2D eigenvalue weighted by Gasteiger charge is 2.27. The van der Waals surface area contributed by atoms with E-state index in [0.717, 1.165) is 31.8 Å². The summed E-state index contributed by atoms with van der Waals surface area (Å²) >= 11 is 0. The van der Waals surface area contributed by atoms with Crippen LogP contribution in [0.25, 0.3) is 0 Å². The molecule has 0 amide bonds. The summed E-state index contributed by atoms with van der Waals surface area (Å²) in [5, 5.41) is 13.9. The molecule has 16 heavy (non-hydrogen) atoms. The molecule has 1 aliphatic carbocycles. The van der Waals surface area contributed by atoms with Crippen LogP contribution < -0.4 is 5.32 Å². The number of nitrogens with one attached hydrogen (secondary N) is 1. The van der Waals surface area contributed by atoms with Gasteiger partial charge in [-0.05, 0) is 31.2 Å². The minimum absolute atomic E-state index is 0.423. The molecule has 2 nitrogen and oxygen atoms in total. The van der Waals surface area contributed by atoms with Gasteiger partial charge >= 0.3 is 0 Å². The lowest BCUT2D eigenvalue weighted by atomic mass is 9.93. The fraction of sp³-hybridized carbons (Fsp3) is 1.00. The van der Waals surface area contributed by atoms with Gasteiger partial charge in [-0.15, -0.1) is 0 Å². The van der Waals surface area contributed by atoms with Crippen LogP contribution >= 0.6 is 0 Å². The van der Waals surface area contributed by atoms with Gasteiger partial charge < -0.3 is 10.4 Å². The van der Waals surface area contributed by atoms with Crippen molar-refractivity contribution in [1.29, 1.82) is 0 Å². The van der Waals surface area contributed by atoms with Crippen LogP contribution in [0.5, 0.6) is 0 Å². The van der Waals surface area contributed by atoms with Crippen molar-refractivity contribution in [2.45, 2.75) is 64.9 Å². The molecule has 1 aliphatic rings. The molecule has 0 saturated heterocycles. The highest BCUT2D eigenvalue weighted by molar-refractivity contribution is 4.83. The molecule has 1 unspecified atom stereocenters. The Morgan fingerprint density at radius 1 is 1.06 bits per heavy atom. The number of rotatable bonds is 5. The zero-order valence-electron chi connectivity index (χ0n) is 11.3. The van der Waals surface area contributed by atoms with Crippen molar-refractivity contribution in [2.24, 2.45) is 11.8 Å². The van der Waals surface area contributed by atoms with Gasteiger partial charge in [0.25, 0.3) is 0 Å². The summed E-state index contributed by atoms with van der Waals surface area (Å²) in [6.45, 7) is 8.60. The van der Waals surface area contributed by atoms with Gasteiger partial charge in [-0.1, -0.05) is 46.5 Å². The summed E-state index contributed by atoms with van der Waals surface area (Å²) in [6.07, 6.45) is 6.94. The first-order chi connectivity index (χ1) is 7.53. The first-order valence-corrected chi connectivity index (χ1v) is 6.97. The molecule has 96 valence electrons. The zero-order chi connectivity index (χ0) is 12.0. The van der Waals surface area contributed by atoms with Crippen LogP contribution in [-0.4, -0.2) is 23.8 Å². The molecule has 0 aromatic carbocycles. The van der Waals surface area contributed by atoms with E-state index in [1.165, 1.54) is 25.7 Å². The predicted molar refractivity (Wildman–Crippen MR) is 69.5 cm³/mol. The number of aliphatic hydroxyl groups is 1. The lowest BCUT2D eigenvalue weighted by molar-refractivity contribution is 0.0243. The fourth-order valence-electron chi connectivity index (χ4n) is 2.33. The molecule has 1 atom stereocenters. The molecule has 0 bridgehead atoms. The highest BCUT2D eigenvalue weighted by Crippen LogP contribution is 2.26. The molecule has 2 N–H and O–H groups in total. The van der Waals surface area contributed by atoms with E-state index in [9.17, 15) is 5.11 Å². The highest BCUT2D eigenvalue weighted by atomic mass is 16.3. The molecule has 0 radical (unpaired) electrons. The van der Waals surface area contributed by atoms with Crippen LogP contribution in [0, 0.1) is 11.8 Å². The molecular formula is C14H29NO. The Labute approximate surface area is 101 Å². The summed E-state index contributed by atoms with van der Waals surface area (Å²) in [7, 11) is 0. The van der Waals surface area contributed by atoms with Gasteiger partial charge in [-0.25, -0.2) is 0 Å². The van der Waals surface area contributed by atoms with E-state index in [-0.39, 0.29) is 0 Å². The van der Waals surface area contributed by atoms with Crippen molar-refractivity contribution in [2.75, 3.05) is 13.1 Å². The smallest absolute Gasteiger partial charge is 0.0771 e. The van der Waals surface area contributed by atoms with Gasteiger partial charge in [-0.2, -0.15) is 0 Å². The molecule has 0 aromatic heterocycles. The number of hydrogen-bond acceptors (Lipinski definition) is 2. The van der Waals surface area contributed by atoms with E-state index in [2.05, 4.69) is 26.1 Å². The summed E-state index contributed by atoms with van der Waals surface area (Å²) in [5.74, 6) is 1.41. The Kier molecular flexibility index (Phi) is 5.77. The average Bonchev–Trinajstić information content (AvgIpc) is 2.43. The van der Waals surface area contributed by atoms with Gasteiger partial charge in [0.05, 0.1) is 5.60 Å². The van der Waals surface area contributed by atoms with Crippen molar-refractivity contribution >= 4 is 0 Å². The summed E-state index contributed by atoms with van der Waals surface area (Å²) < 4.78 is 0. The quantitative estimate of drug-likeness (QED) is 0.708. The summed E-state index contributed by atoms with van der Waals surface area (Å²) in [6, 6.07) is 0. The minimum atomic E-state index is -0.423. The maximum atomic E-state index is 10.4. The molecular weight excluding hydrogens is 198 g/mol. The summed E-state index contributed by atoms with van der Waals surface area (Å²) in [4.78, 5) is 0. The maximum Gasteiger partial charge on any atom is 0.0771 e. The molecule has 0 spiro atoms. The third kappa shape index (κ3) is 4.84. The summed E-state index contributed by atoms with van der Waals surface area (Å²) in [5.41, 5.74) is -0.423. The lowest BCUT2D eigenvalue weighted by Gasteiger charge is -2.28. The van der Waals surface area contributed by atoms with Crippen LogP contribution in [0.2, 0.25) is 0 Å². The third-order valence-electron chi connectivity index (χ3n) is 4.09. The van der Waals surface area contributed by atoms with E-state index in [1.54, 1.807) is 0 Å². The molecule has 0 aliphatic heterocycles. The Morgan fingerprint density at radius 2 is 1.62 bits per heavy atom. The predicted octanol–water partition coefficient (Wildman–Crippen LogP) is 2.95. The van der Waals surface area contributed by atoms with E-state index in [1.807, 2.05) is 0 Å². The molecule has 1 rings (SSSR count). The van der Waals surface area contributed by atoms with Gasteiger partial charge in [-0.3, -0.25) is 0 Å². The van der Waals surface area contributed by atoms with Gasteiger partial charge in [0, 0.05) is 6.54 Å². The zero-order valence-corrected chi connectivity index (χ0v) is 11.3. The van der Waals surface area contributed by atoms with E-state index in [4.69, 9.17) is 0 Å². The first-order valence-electron chi connectivity index (χ1n) is 6.97. The monoisotopic (exact) mass is 227 g/mol. The molecule has 0 aromatic rings. The maximum absolute atomic E-state index is 10.4. The fourth-order valence-corrected chi connectivity index (χ4v) is 2.33. The standard InChI is InChI=1S/C14H29NO/c1-12(2)13(3)10-15-11-14(16)8-6-4-5-7-9-14/h12-13,15-16H,4-11H2,1-3H3. The van der Waals surface area contributed by atoms with Crippen LogP contribution in [0.4, 0.5) is 0 Å². The first kappa shape index (κ1) is 14.0. The van der Waals surface area contributed by atoms with Crippen LogP contribution in [0.3, 0.4) is 0 Å². The van der Waals surface area contributed by atoms with Gasteiger partial charge in [0.1, 0.15) is 0 Å². The number of hydrogen-bond donors (Lipinski definition) is 2. The van der Waals surface area contributed by atoms with Crippen LogP contribution in [0.1, 0.15) is 59.3 Å². The van der Waals surface area contributed by atoms with Crippen molar-refractivity contribution in [3.05, 3.63) is 0 Å². The second kappa shape index (κ2) is 6.61. The SMILES string of the molecule is CC(C)C(C)CNCC1(O)CCCCCC1. The molecule has 2 heteroatoms. The normalized spacial score (nSPS) is 23.1. The molecule has 1 fully saturated rings. The van der Waals surface area contributed by atoms with E-state index in [0.29, 0.717) is 5.92 Å². The Morgan fingerprint density at radius 3 is 2.12 bits per heavy atom. The van der Waals surface area contributed by atoms with Crippen molar-refractivity contribution < 1.29 is 5.11 Å². The van der Waals surface area contributed by atoms with Crippen molar-refractivity contribution in [3.63, 3.8) is 0 Å². The molecule has 1 saturated carbocycles. The topological polar surface area (TPSA) is 32.3 Å². The Balaban J connectivity index is 2.24. The van der Waals surface area contributed by atoms with Gasteiger partial charge in [0.2, 0.25) is 0 Å². The Hall–Kier alpha value is -0.0800. The average molecular weight is 227 g/mol. The van der Waals surface area contributed by atoms with Crippen molar-refractivity contribution in [1.82, 2.24) is 5.32 Å². The van der Waals surface area contributed by atoms with Crippen molar-refractivity contribution in [3.8, 4) is 0 Å². The van der Waals surface area contributed by atoms with Crippen LogP contribution in [0.15, 0.2) is 0 Å². The minimum Gasteiger partial charge on any atom is -0.389 e. The third-order valence-corrected chi connectivity index (χ3v) is 4.09.